The number of ether oxygens (including phenoxy) is 3. The second kappa shape index (κ2) is 14.1. The minimum atomic E-state index is -4.80. The first-order chi connectivity index (χ1) is 17.9. The van der Waals surface area contributed by atoms with Gasteiger partial charge in [-0.2, -0.15) is 0 Å². The number of aliphatic imine (C=N–C) groups is 1. The molecule has 0 saturated heterocycles. The van der Waals surface area contributed by atoms with E-state index in [1.165, 1.54) is 32.4 Å². The van der Waals surface area contributed by atoms with E-state index in [0.717, 1.165) is 0 Å². The maximum Gasteiger partial charge on any atom is 0.573 e. The van der Waals surface area contributed by atoms with Gasteiger partial charge >= 0.3 is 6.36 Å². The molecule has 9 nitrogen and oxygen atoms in total. The van der Waals surface area contributed by atoms with Crippen molar-refractivity contribution < 1.29 is 37.0 Å². The van der Waals surface area contributed by atoms with Crippen molar-refractivity contribution in [1.82, 2.24) is 10.6 Å². The minimum Gasteiger partial charge on any atom is -0.493 e. The van der Waals surface area contributed by atoms with Gasteiger partial charge in [-0.15, -0.1) is 13.2 Å². The Bertz CT molecular complexity index is 1120. The van der Waals surface area contributed by atoms with Crippen molar-refractivity contribution in [2.24, 2.45) is 16.6 Å². The van der Waals surface area contributed by atoms with Crippen molar-refractivity contribution in [3.8, 4) is 17.2 Å². The highest BCUT2D eigenvalue weighted by Crippen LogP contribution is 2.27. The molecule has 208 valence electrons. The van der Waals surface area contributed by atoms with Crippen LogP contribution in [0.3, 0.4) is 0 Å². The van der Waals surface area contributed by atoms with Crippen LogP contribution in [-0.4, -0.2) is 44.4 Å². The first kappa shape index (κ1) is 30.3. The van der Waals surface area contributed by atoms with E-state index in [0.29, 0.717) is 29.0 Å². The number of nitrogens with two attached hydrogens (primary N) is 1. The van der Waals surface area contributed by atoms with Gasteiger partial charge < -0.3 is 25.3 Å². The Morgan fingerprint density at radius 1 is 1.00 bits per heavy atom. The molecular weight excluding hydrogens is 505 g/mol. The number of hydrogen-bond acceptors (Lipinski definition) is 6. The second-order valence-corrected chi connectivity index (χ2v) is 8.89. The normalized spacial score (nSPS) is 12.6. The summed E-state index contributed by atoms with van der Waals surface area (Å²) in [7, 11) is 3.01. The fourth-order valence-electron chi connectivity index (χ4n) is 3.66. The number of carbonyl (C=O) groups excluding carboxylic acids is 2. The monoisotopic (exact) mass is 538 g/mol. The number of nitrogens with one attached hydrogen (secondary N) is 2. The zero-order chi connectivity index (χ0) is 28.3. The molecule has 2 rings (SSSR count). The lowest BCUT2D eigenvalue weighted by molar-refractivity contribution is -0.274. The predicted molar refractivity (Wildman–Crippen MR) is 136 cm³/mol. The standard InChI is InChI=1S/C26H33F3N4O5/c1-16(2)10-19(14-23(34)31-15-18-6-5-7-20(11-18)38-26(27,28)29)32-25(30)33-24(35)13-17-8-9-21(36-3)22(12-17)37-4/h5-9,11-12,16,19H,10,13-15H2,1-4H3,(H,31,34)(H3,30,32,33,35)/t19-/m1/s1. The van der Waals surface area contributed by atoms with E-state index in [4.69, 9.17) is 15.2 Å². The molecular formula is C26H33F3N4O5. The smallest absolute Gasteiger partial charge is 0.493 e. The molecule has 0 unspecified atom stereocenters. The molecule has 2 aromatic carbocycles. The van der Waals surface area contributed by atoms with E-state index >= 15 is 0 Å². The fraction of sp³-hybridized carbons (Fsp3) is 0.423. The Balaban J connectivity index is 1.96. The molecule has 0 aromatic heterocycles. The summed E-state index contributed by atoms with van der Waals surface area (Å²) in [5, 5.41) is 5.20. The summed E-state index contributed by atoms with van der Waals surface area (Å²) in [6.45, 7) is 3.92. The van der Waals surface area contributed by atoms with Gasteiger partial charge in [0.25, 0.3) is 0 Å². The molecule has 0 aliphatic rings. The van der Waals surface area contributed by atoms with Crippen LogP contribution in [-0.2, 0) is 22.6 Å². The van der Waals surface area contributed by atoms with Gasteiger partial charge in [-0.1, -0.05) is 32.0 Å². The lowest BCUT2D eigenvalue weighted by atomic mass is 10.0. The highest BCUT2D eigenvalue weighted by molar-refractivity contribution is 5.97. The molecule has 4 N–H and O–H groups in total. The maximum absolute atomic E-state index is 12.5. The van der Waals surface area contributed by atoms with Crippen molar-refractivity contribution in [1.29, 1.82) is 0 Å². The topological polar surface area (TPSA) is 124 Å². The average Bonchev–Trinajstić information content (AvgIpc) is 2.81. The van der Waals surface area contributed by atoms with Gasteiger partial charge in [-0.3, -0.25) is 14.9 Å². The number of amides is 2. The molecule has 0 spiro atoms. The Labute approximate surface area is 219 Å². The van der Waals surface area contributed by atoms with Crippen LogP contribution in [0.4, 0.5) is 13.2 Å². The van der Waals surface area contributed by atoms with E-state index < -0.39 is 18.3 Å². The molecule has 0 aliphatic carbocycles. The SMILES string of the molecule is COc1ccc(CC(=O)NC(N)=N[C@@H](CC(=O)NCc2cccc(OC(F)(F)F)c2)CC(C)C)cc1OC. The van der Waals surface area contributed by atoms with Crippen molar-refractivity contribution in [2.45, 2.75) is 52.1 Å². The van der Waals surface area contributed by atoms with Gasteiger partial charge in [0.1, 0.15) is 5.75 Å². The van der Waals surface area contributed by atoms with Gasteiger partial charge in [0.2, 0.25) is 11.8 Å². The molecule has 2 aromatic rings. The molecule has 38 heavy (non-hydrogen) atoms. The quantitative estimate of drug-likeness (QED) is 0.280. The number of methoxy groups -OCH3 is 2. The fourth-order valence-corrected chi connectivity index (χ4v) is 3.66. The Morgan fingerprint density at radius 3 is 2.34 bits per heavy atom. The molecule has 1 atom stereocenters. The lowest BCUT2D eigenvalue weighted by Crippen LogP contribution is -2.39. The molecule has 0 saturated carbocycles. The third kappa shape index (κ3) is 11.0. The number of alkyl halides is 3. The van der Waals surface area contributed by atoms with E-state index in [1.807, 2.05) is 13.8 Å². The van der Waals surface area contributed by atoms with Gasteiger partial charge in [0.05, 0.1) is 26.7 Å². The summed E-state index contributed by atoms with van der Waals surface area (Å²) in [5.41, 5.74) is 7.06. The summed E-state index contributed by atoms with van der Waals surface area (Å²) in [4.78, 5) is 29.3. The Hall–Kier alpha value is -3.96. The highest BCUT2D eigenvalue weighted by atomic mass is 19.4. The number of benzene rings is 2. The number of rotatable bonds is 12. The summed E-state index contributed by atoms with van der Waals surface area (Å²) in [6.07, 6.45) is -4.29. The first-order valence-electron chi connectivity index (χ1n) is 11.8. The number of nitrogens with zero attached hydrogens (tertiary/aromatic N) is 1. The largest absolute Gasteiger partial charge is 0.573 e. The third-order valence-electron chi connectivity index (χ3n) is 5.19. The first-order valence-corrected chi connectivity index (χ1v) is 11.8. The van der Waals surface area contributed by atoms with Crippen LogP contribution in [0.5, 0.6) is 17.2 Å². The van der Waals surface area contributed by atoms with Crippen LogP contribution in [0.1, 0.15) is 37.8 Å². The molecule has 0 fully saturated rings. The van der Waals surface area contributed by atoms with Crippen LogP contribution < -0.4 is 30.6 Å². The molecule has 2 amide bonds. The summed E-state index contributed by atoms with van der Waals surface area (Å²) in [5.74, 6) is -0.0489. The van der Waals surface area contributed by atoms with Gasteiger partial charge in [-0.05, 0) is 47.7 Å². The number of carbonyl (C=O) groups is 2. The van der Waals surface area contributed by atoms with Crippen LogP contribution in [0.2, 0.25) is 0 Å². The Morgan fingerprint density at radius 2 is 1.71 bits per heavy atom. The van der Waals surface area contributed by atoms with Gasteiger partial charge in [-0.25, -0.2) is 4.99 Å². The maximum atomic E-state index is 12.5. The second-order valence-electron chi connectivity index (χ2n) is 8.89. The molecule has 0 radical (unpaired) electrons. The third-order valence-corrected chi connectivity index (χ3v) is 5.19. The Kier molecular flexibility index (Phi) is 11.2. The van der Waals surface area contributed by atoms with Crippen molar-refractivity contribution in [3.05, 3.63) is 53.6 Å². The van der Waals surface area contributed by atoms with Crippen molar-refractivity contribution >= 4 is 17.8 Å². The zero-order valence-electron chi connectivity index (χ0n) is 21.7. The number of guanidine groups is 1. The molecule has 0 aliphatic heterocycles. The van der Waals surface area contributed by atoms with Crippen LogP contribution in [0, 0.1) is 5.92 Å². The predicted octanol–water partition coefficient (Wildman–Crippen LogP) is 3.70. The van der Waals surface area contributed by atoms with E-state index in [2.05, 4.69) is 20.4 Å². The highest BCUT2D eigenvalue weighted by Gasteiger charge is 2.31. The summed E-state index contributed by atoms with van der Waals surface area (Å²) in [6, 6.07) is 9.93. The zero-order valence-corrected chi connectivity index (χ0v) is 21.7. The van der Waals surface area contributed by atoms with Crippen LogP contribution >= 0.6 is 0 Å². The van der Waals surface area contributed by atoms with Crippen molar-refractivity contribution in [3.63, 3.8) is 0 Å². The van der Waals surface area contributed by atoms with Gasteiger partial charge in [0, 0.05) is 13.0 Å². The van der Waals surface area contributed by atoms with Crippen LogP contribution in [0.25, 0.3) is 0 Å². The summed E-state index contributed by atoms with van der Waals surface area (Å²) < 4.78 is 51.6. The van der Waals surface area contributed by atoms with E-state index in [9.17, 15) is 22.8 Å². The summed E-state index contributed by atoms with van der Waals surface area (Å²) >= 11 is 0. The van der Waals surface area contributed by atoms with Crippen molar-refractivity contribution in [2.75, 3.05) is 14.2 Å². The lowest BCUT2D eigenvalue weighted by Gasteiger charge is -2.16. The molecule has 0 bridgehead atoms. The number of halogens is 3. The van der Waals surface area contributed by atoms with Crippen LogP contribution in [0.15, 0.2) is 47.5 Å². The van der Waals surface area contributed by atoms with Gasteiger partial charge in [0.15, 0.2) is 17.5 Å². The minimum absolute atomic E-state index is 0.00352. The molecule has 0 heterocycles. The molecule has 12 heteroatoms. The average molecular weight is 539 g/mol. The van der Waals surface area contributed by atoms with E-state index in [1.54, 1.807) is 24.3 Å². The van der Waals surface area contributed by atoms with E-state index in [-0.39, 0.29) is 42.9 Å². The number of hydrogen-bond donors (Lipinski definition) is 3.